The average Bonchev–Trinajstić information content (AvgIpc) is 2.56. The van der Waals surface area contributed by atoms with Crippen molar-refractivity contribution in [3.05, 3.63) is 17.2 Å². The lowest BCUT2D eigenvalue weighted by Gasteiger charge is -2.19. The van der Waals surface area contributed by atoms with Gasteiger partial charge in [0.1, 0.15) is 5.60 Å². The number of alkyl carbamates (subject to hydrolysis) is 1. The predicted molar refractivity (Wildman–Crippen MR) is 69.8 cm³/mol. The van der Waals surface area contributed by atoms with Gasteiger partial charge in [0.2, 0.25) is 0 Å². The lowest BCUT2D eigenvalue weighted by Crippen LogP contribution is -2.32. The van der Waals surface area contributed by atoms with Gasteiger partial charge in [-0.05, 0) is 26.8 Å². The van der Waals surface area contributed by atoms with Gasteiger partial charge in [0, 0.05) is 11.9 Å². The van der Waals surface area contributed by atoms with E-state index in [1.165, 1.54) is 11.3 Å². The molecule has 0 unspecified atom stereocenters. The molecule has 1 aromatic rings. The van der Waals surface area contributed by atoms with Crippen molar-refractivity contribution in [2.75, 3.05) is 12.3 Å². The summed E-state index contributed by atoms with van der Waals surface area (Å²) in [5.74, 6) is 0. The standard InChI is InChI=1S/C11H17N3O2S/c1-11(2,3)16-10(15)13-6-4-5-8-7-17-9(12)14-8/h4-5,7H,6H2,1-3H3,(H2,12,14)(H,13,15). The van der Waals surface area contributed by atoms with E-state index in [9.17, 15) is 4.79 Å². The van der Waals surface area contributed by atoms with Crippen LogP contribution in [0, 0.1) is 0 Å². The first kappa shape index (κ1) is 13.5. The summed E-state index contributed by atoms with van der Waals surface area (Å²) in [6.07, 6.45) is 3.16. The number of anilines is 1. The molecule has 6 heteroatoms. The van der Waals surface area contributed by atoms with Crippen LogP contribution in [0.1, 0.15) is 26.5 Å². The van der Waals surface area contributed by atoms with Gasteiger partial charge >= 0.3 is 6.09 Å². The Kier molecular flexibility index (Phi) is 4.51. The van der Waals surface area contributed by atoms with Gasteiger partial charge in [0.25, 0.3) is 0 Å². The fraction of sp³-hybridized carbons (Fsp3) is 0.455. The number of nitrogen functional groups attached to an aromatic ring is 1. The number of carbonyl (C=O) groups is 1. The van der Waals surface area contributed by atoms with Gasteiger partial charge in [-0.1, -0.05) is 6.08 Å². The Morgan fingerprint density at radius 1 is 1.65 bits per heavy atom. The van der Waals surface area contributed by atoms with Gasteiger partial charge in [0.15, 0.2) is 5.13 Å². The topological polar surface area (TPSA) is 77.2 Å². The minimum absolute atomic E-state index is 0.395. The first-order chi connectivity index (χ1) is 7.87. The molecule has 0 saturated carbocycles. The van der Waals surface area contributed by atoms with Crippen LogP contribution in [0.25, 0.3) is 6.08 Å². The van der Waals surface area contributed by atoms with Crippen LogP contribution in [-0.2, 0) is 4.74 Å². The molecule has 0 spiro atoms. The van der Waals surface area contributed by atoms with E-state index >= 15 is 0 Å². The number of amides is 1. The third-order valence-corrected chi connectivity index (χ3v) is 2.28. The Hall–Kier alpha value is -1.56. The molecule has 1 aromatic heterocycles. The van der Waals surface area contributed by atoms with Crippen LogP contribution in [-0.4, -0.2) is 23.2 Å². The lowest BCUT2D eigenvalue weighted by molar-refractivity contribution is 0.0534. The molecule has 1 rings (SSSR count). The van der Waals surface area contributed by atoms with Crippen molar-refractivity contribution in [1.82, 2.24) is 10.3 Å². The summed E-state index contributed by atoms with van der Waals surface area (Å²) < 4.78 is 5.08. The molecular weight excluding hydrogens is 238 g/mol. The number of nitrogens with one attached hydrogen (secondary N) is 1. The summed E-state index contributed by atoms with van der Waals surface area (Å²) in [6, 6.07) is 0. The molecule has 0 aliphatic rings. The average molecular weight is 255 g/mol. The van der Waals surface area contributed by atoms with Crippen LogP contribution in [0.2, 0.25) is 0 Å². The van der Waals surface area contributed by atoms with E-state index in [4.69, 9.17) is 10.5 Å². The molecular formula is C11H17N3O2S. The Balaban J connectivity index is 2.28. The highest BCUT2D eigenvalue weighted by atomic mass is 32.1. The maximum atomic E-state index is 11.3. The second-order valence-corrected chi connectivity index (χ2v) is 5.29. The van der Waals surface area contributed by atoms with Gasteiger partial charge in [0.05, 0.1) is 5.69 Å². The highest BCUT2D eigenvalue weighted by molar-refractivity contribution is 7.13. The third kappa shape index (κ3) is 5.91. The van der Waals surface area contributed by atoms with E-state index in [2.05, 4.69) is 10.3 Å². The van der Waals surface area contributed by atoms with E-state index in [1.807, 2.05) is 26.2 Å². The van der Waals surface area contributed by atoms with Crippen LogP contribution in [0.15, 0.2) is 11.5 Å². The second-order valence-electron chi connectivity index (χ2n) is 4.40. The van der Waals surface area contributed by atoms with Crippen LogP contribution in [0.3, 0.4) is 0 Å². The van der Waals surface area contributed by atoms with Gasteiger partial charge in [-0.2, -0.15) is 0 Å². The lowest BCUT2D eigenvalue weighted by atomic mass is 10.2. The molecule has 0 saturated heterocycles. The monoisotopic (exact) mass is 255 g/mol. The van der Waals surface area contributed by atoms with E-state index in [-0.39, 0.29) is 0 Å². The number of ether oxygens (including phenoxy) is 1. The summed E-state index contributed by atoms with van der Waals surface area (Å²) in [5.41, 5.74) is 5.80. The quantitative estimate of drug-likeness (QED) is 0.868. The summed E-state index contributed by atoms with van der Waals surface area (Å²) >= 11 is 1.38. The Morgan fingerprint density at radius 3 is 2.88 bits per heavy atom. The predicted octanol–water partition coefficient (Wildman–Crippen LogP) is 2.26. The molecule has 5 nitrogen and oxygen atoms in total. The molecule has 0 aromatic carbocycles. The van der Waals surface area contributed by atoms with E-state index in [1.54, 1.807) is 12.2 Å². The summed E-state index contributed by atoms with van der Waals surface area (Å²) in [7, 11) is 0. The van der Waals surface area contributed by atoms with Crippen LogP contribution < -0.4 is 11.1 Å². The molecule has 17 heavy (non-hydrogen) atoms. The number of hydrogen-bond donors (Lipinski definition) is 2. The number of carbonyl (C=O) groups excluding carboxylic acids is 1. The maximum absolute atomic E-state index is 11.3. The number of thiazole rings is 1. The van der Waals surface area contributed by atoms with Crippen molar-refractivity contribution in [1.29, 1.82) is 0 Å². The van der Waals surface area contributed by atoms with Crippen molar-refractivity contribution >= 4 is 28.6 Å². The number of rotatable bonds is 3. The second kappa shape index (κ2) is 5.67. The molecule has 0 bridgehead atoms. The van der Waals surface area contributed by atoms with Gasteiger partial charge in [-0.15, -0.1) is 11.3 Å². The molecule has 94 valence electrons. The SMILES string of the molecule is CC(C)(C)OC(=O)NCC=Cc1csc(N)n1. The van der Waals surface area contributed by atoms with E-state index < -0.39 is 11.7 Å². The minimum Gasteiger partial charge on any atom is -0.444 e. The number of aromatic nitrogens is 1. The van der Waals surface area contributed by atoms with Gasteiger partial charge in [-0.3, -0.25) is 0 Å². The van der Waals surface area contributed by atoms with Gasteiger partial charge < -0.3 is 15.8 Å². The number of hydrogen-bond acceptors (Lipinski definition) is 5. The highest BCUT2D eigenvalue weighted by Gasteiger charge is 2.14. The molecule has 0 radical (unpaired) electrons. The number of nitrogens with zero attached hydrogens (tertiary/aromatic N) is 1. The summed E-state index contributed by atoms with van der Waals surface area (Å²) in [5, 5.41) is 4.99. The zero-order valence-corrected chi connectivity index (χ0v) is 11.0. The van der Waals surface area contributed by atoms with Crippen molar-refractivity contribution in [2.24, 2.45) is 0 Å². The zero-order valence-electron chi connectivity index (χ0n) is 10.2. The van der Waals surface area contributed by atoms with Crippen LogP contribution >= 0.6 is 11.3 Å². The fourth-order valence-corrected chi connectivity index (χ4v) is 1.54. The first-order valence-electron chi connectivity index (χ1n) is 5.21. The summed E-state index contributed by atoms with van der Waals surface area (Å²) in [4.78, 5) is 15.3. The largest absolute Gasteiger partial charge is 0.444 e. The Bertz CT molecular complexity index is 407. The molecule has 3 N–H and O–H groups in total. The van der Waals surface area contributed by atoms with E-state index in [0.717, 1.165) is 5.69 Å². The van der Waals surface area contributed by atoms with Crippen molar-refractivity contribution in [2.45, 2.75) is 26.4 Å². The normalized spacial score (nSPS) is 11.7. The molecule has 0 aliphatic heterocycles. The van der Waals surface area contributed by atoms with Crippen molar-refractivity contribution in [3.8, 4) is 0 Å². The maximum Gasteiger partial charge on any atom is 0.407 e. The summed E-state index contributed by atoms with van der Waals surface area (Å²) in [6.45, 7) is 5.85. The van der Waals surface area contributed by atoms with Gasteiger partial charge in [-0.25, -0.2) is 9.78 Å². The Labute approximate surface area is 105 Å². The smallest absolute Gasteiger partial charge is 0.407 e. The molecule has 0 fully saturated rings. The Morgan fingerprint density at radius 2 is 2.35 bits per heavy atom. The third-order valence-electron chi connectivity index (χ3n) is 1.59. The molecule has 0 aliphatic carbocycles. The fourth-order valence-electron chi connectivity index (χ4n) is 1.01. The van der Waals surface area contributed by atoms with Crippen LogP contribution in [0.4, 0.5) is 9.93 Å². The van der Waals surface area contributed by atoms with E-state index in [0.29, 0.717) is 11.7 Å². The first-order valence-corrected chi connectivity index (χ1v) is 6.09. The zero-order chi connectivity index (χ0) is 12.9. The molecule has 0 atom stereocenters. The number of nitrogens with two attached hydrogens (primary N) is 1. The minimum atomic E-state index is -0.475. The molecule has 1 heterocycles. The van der Waals surface area contributed by atoms with Crippen LogP contribution in [0.5, 0.6) is 0 Å². The van der Waals surface area contributed by atoms with Crippen molar-refractivity contribution < 1.29 is 9.53 Å². The van der Waals surface area contributed by atoms with Crippen molar-refractivity contribution in [3.63, 3.8) is 0 Å². The highest BCUT2D eigenvalue weighted by Crippen LogP contribution is 2.11. The molecule has 1 amide bonds.